The number of hydrogen-bond acceptors (Lipinski definition) is 5. The Labute approximate surface area is 132 Å². The van der Waals surface area contributed by atoms with Crippen LogP contribution in [0.2, 0.25) is 0 Å². The number of para-hydroxylation sites is 1. The van der Waals surface area contributed by atoms with E-state index in [1.165, 1.54) is 0 Å². The molecule has 116 valence electrons. The highest BCUT2D eigenvalue weighted by atomic mass is 32.1. The molecule has 3 N–H and O–H groups in total. The van der Waals surface area contributed by atoms with Crippen LogP contribution in [-0.2, 0) is 4.79 Å². The molecule has 1 atom stereocenters. The number of primary amides is 1. The number of rotatable bonds is 3. The van der Waals surface area contributed by atoms with Crippen molar-refractivity contribution in [3.8, 4) is 0 Å². The lowest BCUT2D eigenvalue weighted by atomic mass is 10.0. The van der Waals surface area contributed by atoms with E-state index in [1.54, 1.807) is 11.3 Å². The molecule has 0 spiro atoms. The van der Waals surface area contributed by atoms with Crippen LogP contribution in [0.25, 0.3) is 10.2 Å². The largest absolute Gasteiger partial charge is 0.351 e. The van der Waals surface area contributed by atoms with Crippen LogP contribution in [0.5, 0.6) is 0 Å². The number of amides is 3. The molecular weight excluding hydrogens is 300 g/mol. The lowest BCUT2D eigenvalue weighted by Gasteiger charge is -2.33. The molecule has 0 radical (unpaired) electrons. The van der Waals surface area contributed by atoms with Gasteiger partial charge in [-0.05, 0) is 31.5 Å². The average molecular weight is 318 g/mol. The number of thiazole rings is 1. The van der Waals surface area contributed by atoms with Crippen molar-refractivity contribution in [2.45, 2.75) is 25.3 Å². The Morgan fingerprint density at radius 3 is 2.95 bits per heavy atom. The SMILES string of the molecule is NC(=O)NC(=O)CN1CCCCC1c1nc2ccccc2s1. The maximum atomic E-state index is 11.8. The molecule has 3 rings (SSSR count). The molecule has 1 unspecified atom stereocenters. The Hall–Kier alpha value is -1.99. The van der Waals surface area contributed by atoms with Crippen LogP contribution >= 0.6 is 11.3 Å². The number of nitrogens with zero attached hydrogens (tertiary/aromatic N) is 2. The van der Waals surface area contributed by atoms with Crippen molar-refractivity contribution in [1.29, 1.82) is 0 Å². The molecule has 1 saturated heterocycles. The average Bonchev–Trinajstić information content (AvgIpc) is 2.90. The van der Waals surface area contributed by atoms with Crippen molar-refractivity contribution in [3.63, 3.8) is 0 Å². The lowest BCUT2D eigenvalue weighted by molar-refractivity contribution is -0.122. The molecule has 22 heavy (non-hydrogen) atoms. The van der Waals surface area contributed by atoms with E-state index in [0.29, 0.717) is 0 Å². The molecule has 1 aromatic heterocycles. The molecule has 0 aliphatic carbocycles. The van der Waals surface area contributed by atoms with Gasteiger partial charge in [-0.2, -0.15) is 0 Å². The van der Waals surface area contributed by atoms with Gasteiger partial charge in [0.05, 0.1) is 22.8 Å². The highest BCUT2D eigenvalue weighted by molar-refractivity contribution is 7.18. The standard InChI is InChI=1S/C15H18N4O2S/c16-15(21)18-13(20)9-19-8-4-3-6-11(19)14-17-10-5-1-2-7-12(10)22-14/h1-2,5,7,11H,3-4,6,8-9H2,(H3,16,18,20,21). The predicted octanol–water partition coefficient (Wildman–Crippen LogP) is 2.02. The van der Waals surface area contributed by atoms with Gasteiger partial charge in [0.2, 0.25) is 5.91 Å². The molecule has 2 heterocycles. The smallest absolute Gasteiger partial charge is 0.318 e. The number of benzene rings is 1. The summed E-state index contributed by atoms with van der Waals surface area (Å²) < 4.78 is 1.16. The fraction of sp³-hybridized carbons (Fsp3) is 0.400. The van der Waals surface area contributed by atoms with Crippen LogP contribution in [0.3, 0.4) is 0 Å². The summed E-state index contributed by atoms with van der Waals surface area (Å²) in [6.45, 7) is 0.996. The van der Waals surface area contributed by atoms with Crippen LogP contribution in [0.15, 0.2) is 24.3 Å². The number of aromatic nitrogens is 1. The number of imide groups is 1. The molecular formula is C15H18N4O2S. The summed E-state index contributed by atoms with van der Waals surface area (Å²) in [4.78, 5) is 29.4. The lowest BCUT2D eigenvalue weighted by Crippen LogP contribution is -2.44. The quantitative estimate of drug-likeness (QED) is 0.906. The minimum atomic E-state index is -0.807. The molecule has 1 aliphatic heterocycles. The van der Waals surface area contributed by atoms with Gasteiger partial charge in [-0.3, -0.25) is 15.0 Å². The van der Waals surface area contributed by atoms with Gasteiger partial charge in [-0.15, -0.1) is 11.3 Å². The maximum Gasteiger partial charge on any atom is 0.318 e. The fourth-order valence-corrected chi connectivity index (χ4v) is 3.99. The van der Waals surface area contributed by atoms with Gasteiger partial charge in [0.1, 0.15) is 5.01 Å². The van der Waals surface area contributed by atoms with Crippen molar-refractivity contribution in [1.82, 2.24) is 15.2 Å². The number of urea groups is 1. The molecule has 7 heteroatoms. The summed E-state index contributed by atoms with van der Waals surface area (Å²) in [6, 6.07) is 7.36. The van der Waals surface area contributed by atoms with Gasteiger partial charge in [-0.1, -0.05) is 18.6 Å². The van der Waals surface area contributed by atoms with Crippen molar-refractivity contribution in [2.24, 2.45) is 5.73 Å². The number of nitrogens with one attached hydrogen (secondary N) is 1. The van der Waals surface area contributed by atoms with E-state index in [9.17, 15) is 9.59 Å². The molecule has 0 bridgehead atoms. The summed E-state index contributed by atoms with van der Waals surface area (Å²) in [6.07, 6.45) is 3.14. The summed E-state index contributed by atoms with van der Waals surface area (Å²) in [5.74, 6) is -0.361. The van der Waals surface area contributed by atoms with Crippen molar-refractivity contribution < 1.29 is 9.59 Å². The Morgan fingerprint density at radius 1 is 1.36 bits per heavy atom. The predicted molar refractivity (Wildman–Crippen MR) is 85.5 cm³/mol. The van der Waals surface area contributed by atoms with Gasteiger partial charge in [0.15, 0.2) is 0 Å². The van der Waals surface area contributed by atoms with E-state index in [1.807, 2.05) is 18.2 Å². The third kappa shape index (κ3) is 3.26. The number of piperidine rings is 1. The summed E-state index contributed by atoms with van der Waals surface area (Å²) >= 11 is 1.67. The fourth-order valence-electron chi connectivity index (χ4n) is 2.85. The zero-order valence-corrected chi connectivity index (χ0v) is 12.9. The first-order valence-electron chi connectivity index (χ1n) is 7.32. The number of carbonyl (C=O) groups excluding carboxylic acids is 2. The van der Waals surface area contributed by atoms with Crippen LogP contribution < -0.4 is 11.1 Å². The minimum absolute atomic E-state index is 0.129. The first-order valence-corrected chi connectivity index (χ1v) is 8.14. The van der Waals surface area contributed by atoms with Crippen LogP contribution in [-0.4, -0.2) is 34.9 Å². The highest BCUT2D eigenvalue weighted by Gasteiger charge is 2.28. The summed E-state index contributed by atoms with van der Waals surface area (Å²) in [5, 5.41) is 3.16. The number of nitrogens with two attached hydrogens (primary N) is 1. The Balaban J connectivity index is 1.79. The molecule has 2 aromatic rings. The number of hydrogen-bond donors (Lipinski definition) is 2. The van der Waals surface area contributed by atoms with E-state index >= 15 is 0 Å². The second kappa shape index (κ2) is 6.41. The molecule has 0 saturated carbocycles. The second-order valence-electron chi connectivity index (χ2n) is 5.41. The topological polar surface area (TPSA) is 88.3 Å². The number of carbonyl (C=O) groups is 2. The first kappa shape index (κ1) is 14.9. The van der Waals surface area contributed by atoms with Crippen LogP contribution in [0.4, 0.5) is 4.79 Å². The molecule has 1 aliphatic rings. The Morgan fingerprint density at radius 2 is 2.18 bits per heavy atom. The molecule has 3 amide bonds. The third-order valence-corrected chi connectivity index (χ3v) is 4.96. The van der Waals surface area contributed by atoms with E-state index in [4.69, 9.17) is 10.7 Å². The Kier molecular flexibility index (Phi) is 4.35. The van der Waals surface area contributed by atoms with Gasteiger partial charge in [0.25, 0.3) is 0 Å². The monoisotopic (exact) mass is 318 g/mol. The number of likely N-dealkylation sites (tertiary alicyclic amines) is 1. The van der Waals surface area contributed by atoms with Gasteiger partial charge in [-0.25, -0.2) is 9.78 Å². The summed E-state index contributed by atoms with van der Waals surface area (Å²) in [5.41, 5.74) is 5.99. The molecule has 1 fully saturated rings. The highest BCUT2D eigenvalue weighted by Crippen LogP contribution is 2.35. The third-order valence-electron chi connectivity index (χ3n) is 3.82. The zero-order chi connectivity index (χ0) is 15.5. The second-order valence-corrected chi connectivity index (χ2v) is 6.48. The van der Waals surface area contributed by atoms with Crippen LogP contribution in [0, 0.1) is 0 Å². The molecule has 6 nitrogen and oxygen atoms in total. The van der Waals surface area contributed by atoms with Crippen LogP contribution in [0.1, 0.15) is 30.3 Å². The van der Waals surface area contributed by atoms with Crippen molar-refractivity contribution in [2.75, 3.05) is 13.1 Å². The molecule has 1 aromatic carbocycles. The van der Waals surface area contributed by atoms with Crippen molar-refractivity contribution >= 4 is 33.5 Å². The van der Waals surface area contributed by atoms with E-state index in [-0.39, 0.29) is 18.5 Å². The Bertz CT molecular complexity index is 667. The normalized spacial score (nSPS) is 19.2. The number of fused-ring (bicyclic) bond motifs is 1. The minimum Gasteiger partial charge on any atom is -0.351 e. The van der Waals surface area contributed by atoms with Crippen molar-refractivity contribution in [3.05, 3.63) is 29.3 Å². The van der Waals surface area contributed by atoms with E-state index < -0.39 is 6.03 Å². The maximum absolute atomic E-state index is 11.8. The van der Waals surface area contributed by atoms with E-state index in [0.717, 1.165) is 41.0 Å². The first-order chi connectivity index (χ1) is 10.6. The van der Waals surface area contributed by atoms with Gasteiger partial charge >= 0.3 is 6.03 Å². The van der Waals surface area contributed by atoms with Gasteiger partial charge in [0, 0.05) is 0 Å². The van der Waals surface area contributed by atoms with Gasteiger partial charge < -0.3 is 5.73 Å². The van der Waals surface area contributed by atoms with E-state index in [2.05, 4.69) is 16.3 Å². The summed E-state index contributed by atoms with van der Waals surface area (Å²) in [7, 11) is 0. The zero-order valence-electron chi connectivity index (χ0n) is 12.1.